The molecule has 1 aliphatic rings. The van der Waals surface area contributed by atoms with E-state index < -0.39 is 10.0 Å². The van der Waals surface area contributed by atoms with E-state index >= 15 is 0 Å². The largest absolute Gasteiger partial charge is 0.379 e. The van der Waals surface area contributed by atoms with Gasteiger partial charge >= 0.3 is 0 Å². The molecule has 2 aromatic rings. The summed E-state index contributed by atoms with van der Waals surface area (Å²) < 4.78 is 33.3. The van der Waals surface area contributed by atoms with E-state index in [1.807, 2.05) is 29.8 Å². The van der Waals surface area contributed by atoms with Crippen molar-refractivity contribution >= 4 is 10.0 Å². The van der Waals surface area contributed by atoms with Crippen LogP contribution in [0.25, 0.3) is 11.5 Å². The van der Waals surface area contributed by atoms with E-state index in [1.54, 1.807) is 26.5 Å². The number of aryl methyl sites for hydroxylation is 1. The zero-order chi connectivity index (χ0) is 17.3. The molecule has 0 bridgehead atoms. The Bertz CT molecular complexity index is 799. The van der Waals surface area contributed by atoms with Gasteiger partial charge in [-0.3, -0.25) is 4.98 Å². The van der Waals surface area contributed by atoms with Gasteiger partial charge in [-0.15, -0.1) is 0 Å². The smallest absolute Gasteiger partial charge is 0.214 e. The second-order valence-electron chi connectivity index (χ2n) is 6.30. The van der Waals surface area contributed by atoms with Crippen molar-refractivity contribution in [3.05, 3.63) is 36.3 Å². The summed E-state index contributed by atoms with van der Waals surface area (Å²) >= 11 is 0. The van der Waals surface area contributed by atoms with Crippen LogP contribution in [0.4, 0.5) is 0 Å². The Morgan fingerprint density at radius 3 is 2.75 bits per heavy atom. The molecule has 2 aromatic heterocycles. The number of ether oxygens (including phenoxy) is 1. The lowest BCUT2D eigenvalue weighted by Crippen LogP contribution is -2.32. The van der Waals surface area contributed by atoms with Gasteiger partial charge in [-0.25, -0.2) is 17.7 Å². The number of pyridine rings is 1. The Morgan fingerprint density at radius 2 is 2.08 bits per heavy atom. The molecule has 130 valence electrons. The third-order valence-electron chi connectivity index (χ3n) is 4.31. The van der Waals surface area contributed by atoms with Gasteiger partial charge in [0.1, 0.15) is 5.69 Å². The number of sulfonamides is 1. The number of rotatable bonds is 5. The summed E-state index contributed by atoms with van der Waals surface area (Å²) in [4.78, 5) is 8.84. The van der Waals surface area contributed by atoms with Gasteiger partial charge in [-0.1, -0.05) is 6.07 Å². The summed E-state index contributed by atoms with van der Waals surface area (Å²) in [5.41, 5.74) is 1.85. The van der Waals surface area contributed by atoms with Crippen LogP contribution in [-0.4, -0.2) is 60.3 Å². The van der Waals surface area contributed by atoms with Crippen LogP contribution in [-0.2, 0) is 14.8 Å². The number of imidazole rings is 1. The zero-order valence-electron chi connectivity index (χ0n) is 14.1. The summed E-state index contributed by atoms with van der Waals surface area (Å²) in [6.45, 7) is 2.88. The topological polar surface area (TPSA) is 77.3 Å². The normalized spacial score (nSPS) is 21.5. The fraction of sp³-hybridized carbons (Fsp3) is 0.500. The van der Waals surface area contributed by atoms with Gasteiger partial charge in [0.25, 0.3) is 0 Å². The van der Waals surface area contributed by atoms with Gasteiger partial charge in [0, 0.05) is 38.6 Å². The summed E-state index contributed by atoms with van der Waals surface area (Å²) in [6.07, 6.45) is 5.38. The first-order chi connectivity index (χ1) is 11.4. The van der Waals surface area contributed by atoms with Gasteiger partial charge in [0.05, 0.1) is 25.0 Å². The van der Waals surface area contributed by atoms with Crippen molar-refractivity contribution < 1.29 is 13.2 Å². The summed E-state index contributed by atoms with van der Waals surface area (Å²) in [6, 6.07) is 3.84. The number of aromatic nitrogens is 3. The maximum Gasteiger partial charge on any atom is 0.214 e. The van der Waals surface area contributed by atoms with Gasteiger partial charge in [0.2, 0.25) is 10.0 Å². The van der Waals surface area contributed by atoms with Crippen LogP contribution in [0.5, 0.6) is 0 Å². The van der Waals surface area contributed by atoms with Crippen molar-refractivity contribution in [2.75, 3.05) is 33.1 Å². The van der Waals surface area contributed by atoms with Crippen LogP contribution in [0, 0.1) is 12.8 Å². The van der Waals surface area contributed by atoms with Crippen LogP contribution in [0.3, 0.4) is 0 Å². The standard InChI is InChI=1S/C16H22N4O3S/c1-12-4-5-14(18-8-12)16-17-6-7-20(16)15-10-23-9-13(15)11-24(21,22)19(2)3/h4-8,13,15H,9-11H2,1-3H3/t13-,15+/m0/s1. The Labute approximate surface area is 142 Å². The third kappa shape index (κ3) is 3.35. The third-order valence-corrected chi connectivity index (χ3v) is 6.27. The fourth-order valence-electron chi connectivity index (χ4n) is 2.85. The fourth-order valence-corrected chi connectivity index (χ4v) is 4.01. The molecule has 1 saturated heterocycles. The Morgan fingerprint density at radius 1 is 1.29 bits per heavy atom. The average molecular weight is 350 g/mol. The van der Waals surface area contributed by atoms with Crippen LogP contribution in [0.1, 0.15) is 11.6 Å². The molecule has 0 N–H and O–H groups in total. The molecule has 7 nitrogen and oxygen atoms in total. The Kier molecular flexibility index (Phi) is 4.71. The summed E-state index contributed by atoms with van der Waals surface area (Å²) in [5.74, 6) is 0.678. The van der Waals surface area contributed by atoms with Crippen LogP contribution in [0.15, 0.2) is 30.7 Å². The first-order valence-corrected chi connectivity index (χ1v) is 9.43. The predicted molar refractivity (Wildman–Crippen MR) is 91.0 cm³/mol. The summed E-state index contributed by atoms with van der Waals surface area (Å²) in [5, 5.41) is 0. The van der Waals surface area contributed by atoms with Gasteiger partial charge in [0.15, 0.2) is 5.82 Å². The molecule has 8 heteroatoms. The summed E-state index contributed by atoms with van der Waals surface area (Å²) in [7, 11) is -0.176. The molecule has 1 fully saturated rings. The van der Waals surface area contributed by atoms with E-state index in [0.29, 0.717) is 13.2 Å². The van der Waals surface area contributed by atoms with Crippen molar-refractivity contribution in [2.24, 2.45) is 5.92 Å². The Hall–Kier alpha value is -1.77. The molecule has 0 aliphatic carbocycles. The van der Waals surface area contributed by atoms with Crippen molar-refractivity contribution in [3.63, 3.8) is 0 Å². The zero-order valence-corrected chi connectivity index (χ0v) is 14.9. The second-order valence-corrected chi connectivity index (χ2v) is 8.53. The molecule has 0 aromatic carbocycles. The maximum absolute atomic E-state index is 12.2. The highest BCUT2D eigenvalue weighted by atomic mass is 32.2. The molecule has 24 heavy (non-hydrogen) atoms. The van der Waals surface area contributed by atoms with Crippen molar-refractivity contribution in [1.29, 1.82) is 0 Å². The van der Waals surface area contributed by atoms with Crippen molar-refractivity contribution in [1.82, 2.24) is 18.8 Å². The lowest BCUT2D eigenvalue weighted by molar-refractivity contribution is 0.182. The van der Waals surface area contributed by atoms with E-state index in [1.165, 1.54) is 4.31 Å². The van der Waals surface area contributed by atoms with E-state index in [2.05, 4.69) is 9.97 Å². The molecule has 0 amide bonds. The van der Waals surface area contributed by atoms with E-state index in [4.69, 9.17) is 4.74 Å². The molecule has 0 saturated carbocycles. The highest BCUT2D eigenvalue weighted by molar-refractivity contribution is 7.89. The number of hydrogen-bond acceptors (Lipinski definition) is 5. The van der Waals surface area contributed by atoms with Crippen LogP contribution >= 0.6 is 0 Å². The maximum atomic E-state index is 12.2. The van der Waals surface area contributed by atoms with Crippen molar-refractivity contribution in [3.8, 4) is 11.5 Å². The minimum Gasteiger partial charge on any atom is -0.379 e. The molecular weight excluding hydrogens is 328 g/mol. The number of nitrogens with zero attached hydrogens (tertiary/aromatic N) is 4. The molecule has 0 radical (unpaired) electrons. The van der Waals surface area contributed by atoms with Crippen LogP contribution in [0.2, 0.25) is 0 Å². The molecule has 2 atom stereocenters. The molecule has 0 unspecified atom stereocenters. The highest BCUT2D eigenvalue weighted by Gasteiger charge is 2.35. The first-order valence-electron chi connectivity index (χ1n) is 7.82. The Balaban J connectivity index is 1.89. The average Bonchev–Trinajstić information content (AvgIpc) is 3.16. The highest BCUT2D eigenvalue weighted by Crippen LogP contribution is 2.31. The minimum absolute atomic E-state index is 0.0591. The van der Waals surface area contributed by atoms with Crippen molar-refractivity contribution in [2.45, 2.75) is 13.0 Å². The lowest BCUT2D eigenvalue weighted by Gasteiger charge is -2.22. The molecule has 3 heterocycles. The van der Waals surface area contributed by atoms with E-state index in [-0.39, 0.29) is 17.7 Å². The van der Waals surface area contributed by atoms with Gasteiger partial charge in [-0.05, 0) is 18.6 Å². The minimum atomic E-state index is -3.28. The van der Waals surface area contributed by atoms with Crippen LogP contribution < -0.4 is 0 Å². The number of hydrogen-bond donors (Lipinski definition) is 0. The van der Waals surface area contributed by atoms with E-state index in [0.717, 1.165) is 17.1 Å². The monoisotopic (exact) mass is 350 g/mol. The molecule has 3 rings (SSSR count). The van der Waals surface area contributed by atoms with Gasteiger partial charge in [-0.2, -0.15) is 0 Å². The first kappa shape index (κ1) is 17.1. The second kappa shape index (κ2) is 6.62. The SMILES string of the molecule is Cc1ccc(-c2nccn2[C@@H]2COC[C@H]2CS(=O)(=O)N(C)C)nc1. The lowest BCUT2D eigenvalue weighted by atomic mass is 10.1. The van der Waals surface area contributed by atoms with E-state index in [9.17, 15) is 8.42 Å². The molecular formula is C16H22N4O3S. The molecule has 1 aliphatic heterocycles. The predicted octanol–water partition coefficient (Wildman–Crippen LogP) is 1.33. The van der Waals surface area contributed by atoms with Gasteiger partial charge < -0.3 is 9.30 Å². The molecule has 0 spiro atoms. The quantitative estimate of drug-likeness (QED) is 0.813.